The number of hydrogen-bond donors (Lipinski definition) is 0. The van der Waals surface area contributed by atoms with Crippen LogP contribution in [0.4, 0.5) is 0 Å². The molecule has 0 unspecified atom stereocenters. The summed E-state index contributed by atoms with van der Waals surface area (Å²) in [7, 11) is 0. The molecule has 25 heavy (non-hydrogen) atoms. The molecule has 0 spiro atoms. The van der Waals surface area contributed by atoms with E-state index in [9.17, 15) is 19.2 Å². The minimum absolute atomic E-state index is 0.166. The molecule has 0 bridgehead atoms. The summed E-state index contributed by atoms with van der Waals surface area (Å²) in [5.74, 6) is -0.724. The minimum Gasteiger partial charge on any atom is -0.275 e. The Hall–Kier alpha value is -2.24. The third-order valence-electron chi connectivity index (χ3n) is 4.64. The third-order valence-corrected chi connectivity index (χ3v) is 4.64. The first kappa shape index (κ1) is 19.1. The van der Waals surface area contributed by atoms with Crippen LogP contribution in [0, 0.1) is 0 Å². The molecule has 136 valence electrons. The first-order valence-corrected chi connectivity index (χ1v) is 9.00. The van der Waals surface area contributed by atoms with E-state index in [2.05, 4.69) is 0 Å². The second-order valence-electron chi connectivity index (χ2n) is 6.72. The predicted molar refractivity (Wildman–Crippen MR) is 93.3 cm³/mol. The molecule has 2 heterocycles. The molecule has 0 atom stereocenters. The minimum atomic E-state index is -0.196. The molecule has 6 nitrogen and oxygen atoms in total. The van der Waals surface area contributed by atoms with Crippen molar-refractivity contribution in [3.8, 4) is 0 Å². The van der Waals surface area contributed by atoms with Crippen molar-refractivity contribution in [2.75, 3.05) is 13.1 Å². The van der Waals surface area contributed by atoms with Gasteiger partial charge < -0.3 is 0 Å². The summed E-state index contributed by atoms with van der Waals surface area (Å²) in [5, 5.41) is 0. The quantitative estimate of drug-likeness (QED) is 0.449. The molecule has 0 aliphatic carbocycles. The highest BCUT2D eigenvalue weighted by Gasteiger charge is 2.28. The van der Waals surface area contributed by atoms with E-state index in [1.165, 1.54) is 22.0 Å². The Kier molecular flexibility index (Phi) is 6.67. The Labute approximate surface area is 148 Å². The molecule has 2 aliphatic heterocycles. The van der Waals surface area contributed by atoms with Gasteiger partial charge in [-0.1, -0.05) is 32.1 Å². The maximum atomic E-state index is 11.7. The van der Waals surface area contributed by atoms with Gasteiger partial charge in [-0.2, -0.15) is 0 Å². The summed E-state index contributed by atoms with van der Waals surface area (Å²) in [4.78, 5) is 49.2. The van der Waals surface area contributed by atoms with E-state index >= 15 is 0 Å². The van der Waals surface area contributed by atoms with Gasteiger partial charge in [-0.3, -0.25) is 29.0 Å². The molecular weight excluding hydrogens is 320 g/mol. The fraction of sp³-hybridized carbons (Fsp3) is 0.579. The van der Waals surface area contributed by atoms with Crippen LogP contribution in [0.15, 0.2) is 23.3 Å². The first-order chi connectivity index (χ1) is 11.9. The highest BCUT2D eigenvalue weighted by Crippen LogP contribution is 2.15. The van der Waals surface area contributed by atoms with Gasteiger partial charge in [0.05, 0.1) is 0 Å². The van der Waals surface area contributed by atoms with Crippen molar-refractivity contribution in [2.24, 2.45) is 0 Å². The van der Waals surface area contributed by atoms with Gasteiger partial charge in [-0.25, -0.2) is 0 Å². The standard InChI is InChI=1S/C19H26N2O4/c1-14-12-16(22)20(18(14)24)10-8-6-4-3-5-7-9-11-21-17(23)13-15(2)19(21)25/h12-13H,3-11H2,1-2H3. The van der Waals surface area contributed by atoms with Crippen molar-refractivity contribution in [3.63, 3.8) is 0 Å². The topological polar surface area (TPSA) is 74.8 Å². The Bertz CT molecular complexity index is 579. The summed E-state index contributed by atoms with van der Waals surface area (Å²) in [6.07, 6.45) is 9.64. The average molecular weight is 346 g/mol. The maximum Gasteiger partial charge on any atom is 0.256 e. The summed E-state index contributed by atoms with van der Waals surface area (Å²) in [6.45, 7) is 4.33. The van der Waals surface area contributed by atoms with Crippen LogP contribution >= 0.6 is 0 Å². The fourth-order valence-electron chi connectivity index (χ4n) is 3.12. The van der Waals surface area contributed by atoms with E-state index in [0.717, 1.165) is 44.9 Å². The number of carbonyl (C=O) groups is 4. The Morgan fingerprint density at radius 2 is 0.920 bits per heavy atom. The lowest BCUT2D eigenvalue weighted by Crippen LogP contribution is -2.31. The molecule has 0 N–H and O–H groups in total. The molecule has 0 saturated heterocycles. The van der Waals surface area contributed by atoms with Gasteiger partial charge in [0.1, 0.15) is 0 Å². The van der Waals surface area contributed by atoms with Gasteiger partial charge in [-0.15, -0.1) is 0 Å². The van der Waals surface area contributed by atoms with Crippen molar-refractivity contribution in [2.45, 2.75) is 58.8 Å². The van der Waals surface area contributed by atoms with Gasteiger partial charge in [0, 0.05) is 36.4 Å². The van der Waals surface area contributed by atoms with Crippen molar-refractivity contribution >= 4 is 23.6 Å². The predicted octanol–water partition coefficient (Wildman–Crippen LogP) is 2.35. The second-order valence-corrected chi connectivity index (χ2v) is 6.72. The second kappa shape index (κ2) is 8.74. The summed E-state index contributed by atoms with van der Waals surface area (Å²) in [5.41, 5.74) is 1.04. The van der Waals surface area contributed by atoms with Gasteiger partial charge >= 0.3 is 0 Å². The number of hydrogen-bond acceptors (Lipinski definition) is 4. The van der Waals surface area contributed by atoms with Crippen LogP contribution in [0.1, 0.15) is 58.8 Å². The number of imide groups is 2. The van der Waals surface area contributed by atoms with Gasteiger partial charge in [0.2, 0.25) is 0 Å². The molecule has 4 amide bonds. The molecule has 0 aromatic heterocycles. The third kappa shape index (κ3) is 4.87. The van der Waals surface area contributed by atoms with Gasteiger partial charge in [0.15, 0.2) is 0 Å². The first-order valence-electron chi connectivity index (χ1n) is 9.00. The number of unbranched alkanes of at least 4 members (excludes halogenated alkanes) is 6. The highest BCUT2D eigenvalue weighted by molar-refractivity contribution is 6.16. The van der Waals surface area contributed by atoms with Crippen molar-refractivity contribution in [1.29, 1.82) is 0 Å². The maximum absolute atomic E-state index is 11.7. The zero-order valence-electron chi connectivity index (χ0n) is 15.0. The molecule has 0 radical (unpaired) electrons. The Balaban J connectivity index is 1.47. The molecule has 0 fully saturated rings. The van der Waals surface area contributed by atoms with Gasteiger partial charge in [-0.05, 0) is 26.7 Å². The number of rotatable bonds is 10. The largest absolute Gasteiger partial charge is 0.275 e. The molecule has 2 rings (SSSR count). The monoisotopic (exact) mass is 346 g/mol. The van der Waals surface area contributed by atoms with Crippen LogP contribution in [0.25, 0.3) is 0 Å². The highest BCUT2D eigenvalue weighted by atomic mass is 16.2. The van der Waals surface area contributed by atoms with Gasteiger partial charge in [0.25, 0.3) is 23.6 Å². The summed E-state index contributed by atoms with van der Waals surface area (Å²) < 4.78 is 0. The summed E-state index contributed by atoms with van der Waals surface area (Å²) >= 11 is 0. The number of carbonyl (C=O) groups excluding carboxylic acids is 4. The van der Waals surface area contributed by atoms with E-state index < -0.39 is 0 Å². The number of nitrogens with zero attached hydrogens (tertiary/aromatic N) is 2. The molecule has 0 aromatic carbocycles. The lowest BCUT2D eigenvalue weighted by molar-refractivity contribution is -0.138. The normalized spacial score (nSPS) is 17.7. The van der Waals surface area contributed by atoms with E-state index in [4.69, 9.17) is 0 Å². The molecule has 0 aromatic rings. The van der Waals surface area contributed by atoms with Crippen molar-refractivity contribution in [3.05, 3.63) is 23.3 Å². The molecule has 6 heteroatoms. The van der Waals surface area contributed by atoms with Crippen LogP contribution in [-0.2, 0) is 19.2 Å². The Morgan fingerprint density at radius 1 is 0.600 bits per heavy atom. The lowest BCUT2D eigenvalue weighted by Gasteiger charge is -2.14. The SMILES string of the molecule is CC1=CC(=O)N(CCCCCCCCCN2C(=O)C=C(C)C2=O)C1=O. The van der Waals surface area contributed by atoms with E-state index in [0.29, 0.717) is 24.2 Å². The average Bonchev–Trinajstić information content (AvgIpc) is 2.95. The van der Waals surface area contributed by atoms with Crippen LogP contribution in [-0.4, -0.2) is 46.5 Å². The molecule has 0 saturated carbocycles. The zero-order valence-corrected chi connectivity index (χ0v) is 15.0. The van der Waals surface area contributed by atoms with Crippen LogP contribution in [0.2, 0.25) is 0 Å². The van der Waals surface area contributed by atoms with E-state index in [1.54, 1.807) is 13.8 Å². The summed E-state index contributed by atoms with van der Waals surface area (Å²) in [6, 6.07) is 0. The van der Waals surface area contributed by atoms with E-state index in [1.807, 2.05) is 0 Å². The van der Waals surface area contributed by atoms with E-state index in [-0.39, 0.29) is 23.6 Å². The van der Waals surface area contributed by atoms with Crippen LogP contribution < -0.4 is 0 Å². The van der Waals surface area contributed by atoms with Crippen LogP contribution in [0.5, 0.6) is 0 Å². The number of amides is 4. The van der Waals surface area contributed by atoms with Crippen molar-refractivity contribution in [1.82, 2.24) is 9.80 Å². The molecule has 2 aliphatic rings. The van der Waals surface area contributed by atoms with Crippen molar-refractivity contribution < 1.29 is 19.2 Å². The van der Waals surface area contributed by atoms with Crippen LogP contribution in [0.3, 0.4) is 0 Å². The smallest absolute Gasteiger partial charge is 0.256 e. The zero-order chi connectivity index (χ0) is 18.4. The Morgan fingerprint density at radius 3 is 1.20 bits per heavy atom. The fourth-order valence-corrected chi connectivity index (χ4v) is 3.12. The molecular formula is C19H26N2O4. The lowest BCUT2D eigenvalue weighted by atomic mass is 10.1.